The molecule has 1 spiro atoms. The maximum Gasteiger partial charge on any atom is 0.244 e. The van der Waals surface area contributed by atoms with Gasteiger partial charge in [-0.25, -0.2) is 0 Å². The van der Waals surface area contributed by atoms with Crippen LogP contribution in [0.15, 0.2) is 16.8 Å². The molecule has 2 heterocycles. The van der Waals surface area contributed by atoms with Gasteiger partial charge in [0.05, 0.1) is 5.54 Å². The minimum absolute atomic E-state index is 0.115. The van der Waals surface area contributed by atoms with E-state index in [1.807, 2.05) is 0 Å². The van der Waals surface area contributed by atoms with Gasteiger partial charge in [-0.2, -0.15) is 11.3 Å². The number of hydrogen-bond acceptors (Lipinski definition) is 3. The smallest absolute Gasteiger partial charge is 0.244 e. The van der Waals surface area contributed by atoms with Gasteiger partial charge in [0.15, 0.2) is 0 Å². The minimum Gasteiger partial charge on any atom is -0.318 e. The summed E-state index contributed by atoms with van der Waals surface area (Å²) in [6.45, 7) is 2.29. The zero-order chi connectivity index (χ0) is 13.7. The van der Waals surface area contributed by atoms with Crippen LogP contribution in [0.4, 0.5) is 0 Å². The van der Waals surface area contributed by atoms with Crippen molar-refractivity contribution in [2.75, 3.05) is 0 Å². The SMILES string of the molecule is CC1CC(N2C(=O)C3(CCCC3)NC2c2ccsc2)C1. The Bertz CT molecular complexity index is 501. The molecule has 4 heteroatoms. The fourth-order valence-electron chi connectivity index (χ4n) is 4.23. The first kappa shape index (κ1) is 12.8. The summed E-state index contributed by atoms with van der Waals surface area (Å²) in [5.41, 5.74) is 1.03. The average Bonchev–Trinajstić information content (AvgIpc) is 3.11. The molecule has 2 saturated carbocycles. The molecular weight excluding hydrogens is 268 g/mol. The molecule has 3 fully saturated rings. The quantitative estimate of drug-likeness (QED) is 0.906. The Hall–Kier alpha value is -0.870. The fourth-order valence-corrected chi connectivity index (χ4v) is 4.91. The van der Waals surface area contributed by atoms with Crippen LogP contribution in [0.3, 0.4) is 0 Å². The van der Waals surface area contributed by atoms with Gasteiger partial charge >= 0.3 is 0 Å². The molecule has 2 aliphatic carbocycles. The van der Waals surface area contributed by atoms with Crippen molar-refractivity contribution in [2.45, 2.75) is 63.2 Å². The van der Waals surface area contributed by atoms with E-state index in [2.05, 4.69) is 34.0 Å². The number of amides is 1. The van der Waals surface area contributed by atoms with Crippen LogP contribution in [0.25, 0.3) is 0 Å². The Kier molecular flexibility index (Phi) is 2.93. The van der Waals surface area contributed by atoms with Crippen molar-refractivity contribution >= 4 is 17.2 Å². The van der Waals surface area contributed by atoms with Crippen molar-refractivity contribution < 1.29 is 4.79 Å². The number of thiophene rings is 1. The lowest BCUT2D eigenvalue weighted by Gasteiger charge is -2.42. The summed E-state index contributed by atoms with van der Waals surface area (Å²) in [6, 6.07) is 2.62. The third kappa shape index (κ3) is 1.77. The second-order valence-corrected chi connectivity index (χ2v) is 7.62. The van der Waals surface area contributed by atoms with E-state index in [0.29, 0.717) is 11.9 Å². The molecule has 1 aliphatic heterocycles. The van der Waals surface area contributed by atoms with Gasteiger partial charge in [-0.05, 0) is 54.0 Å². The molecule has 1 saturated heterocycles. The van der Waals surface area contributed by atoms with Gasteiger partial charge in [0, 0.05) is 6.04 Å². The van der Waals surface area contributed by atoms with Gasteiger partial charge in [0.2, 0.25) is 5.91 Å². The molecule has 1 amide bonds. The van der Waals surface area contributed by atoms with E-state index >= 15 is 0 Å². The van der Waals surface area contributed by atoms with Gasteiger partial charge < -0.3 is 4.90 Å². The zero-order valence-corrected chi connectivity index (χ0v) is 12.8. The Morgan fingerprint density at radius 3 is 2.70 bits per heavy atom. The zero-order valence-electron chi connectivity index (χ0n) is 12.0. The minimum atomic E-state index is -0.245. The molecule has 0 bridgehead atoms. The normalized spacial score (nSPS) is 35.8. The van der Waals surface area contributed by atoms with Gasteiger partial charge in [-0.1, -0.05) is 19.8 Å². The summed E-state index contributed by atoms with van der Waals surface area (Å²) < 4.78 is 0. The molecule has 3 nitrogen and oxygen atoms in total. The van der Waals surface area contributed by atoms with Crippen LogP contribution in [0.2, 0.25) is 0 Å². The first-order valence-corrected chi connectivity index (χ1v) is 8.76. The first-order valence-electron chi connectivity index (χ1n) is 7.82. The van der Waals surface area contributed by atoms with Crippen LogP contribution in [0.5, 0.6) is 0 Å². The Labute approximate surface area is 124 Å². The number of carbonyl (C=O) groups is 1. The van der Waals surface area contributed by atoms with Crippen LogP contribution in [-0.2, 0) is 4.79 Å². The van der Waals surface area contributed by atoms with Gasteiger partial charge in [-0.3, -0.25) is 10.1 Å². The Balaban J connectivity index is 1.67. The molecule has 1 unspecified atom stereocenters. The predicted octanol–water partition coefficient (Wildman–Crippen LogP) is 3.29. The highest BCUT2D eigenvalue weighted by Crippen LogP contribution is 2.45. The van der Waals surface area contributed by atoms with Crippen LogP contribution < -0.4 is 5.32 Å². The third-order valence-electron chi connectivity index (χ3n) is 5.39. The standard InChI is InChI=1S/C16H22N2OS/c1-11-8-13(9-11)18-14(12-4-7-20-10-12)17-16(15(18)19)5-2-3-6-16/h4,7,10-11,13-14,17H,2-3,5-6,8-9H2,1H3. The average molecular weight is 290 g/mol. The molecule has 0 aromatic carbocycles. The number of nitrogens with zero attached hydrogens (tertiary/aromatic N) is 1. The topological polar surface area (TPSA) is 32.3 Å². The molecule has 1 aromatic rings. The highest BCUT2D eigenvalue weighted by Gasteiger charge is 2.55. The van der Waals surface area contributed by atoms with Crippen molar-refractivity contribution in [1.82, 2.24) is 10.2 Å². The lowest BCUT2D eigenvalue weighted by Crippen LogP contribution is -2.49. The van der Waals surface area contributed by atoms with Crippen LogP contribution in [0, 0.1) is 5.92 Å². The summed E-state index contributed by atoms with van der Waals surface area (Å²) in [5, 5.41) is 8.02. The summed E-state index contributed by atoms with van der Waals surface area (Å²) >= 11 is 1.72. The van der Waals surface area contributed by atoms with Crippen LogP contribution in [-0.4, -0.2) is 22.4 Å². The monoisotopic (exact) mass is 290 g/mol. The lowest BCUT2D eigenvalue weighted by molar-refractivity contribution is -0.138. The Morgan fingerprint density at radius 1 is 1.35 bits per heavy atom. The second-order valence-electron chi connectivity index (χ2n) is 6.84. The fraction of sp³-hybridized carbons (Fsp3) is 0.688. The van der Waals surface area contributed by atoms with E-state index in [1.165, 1.54) is 31.2 Å². The van der Waals surface area contributed by atoms with Crippen molar-refractivity contribution in [2.24, 2.45) is 5.92 Å². The molecule has 1 aromatic heterocycles. The number of rotatable bonds is 2. The lowest BCUT2D eigenvalue weighted by atomic mass is 9.80. The number of nitrogens with one attached hydrogen (secondary N) is 1. The molecule has 108 valence electrons. The van der Waals surface area contributed by atoms with Crippen LogP contribution in [0.1, 0.15) is 57.2 Å². The highest BCUT2D eigenvalue weighted by molar-refractivity contribution is 7.07. The first-order chi connectivity index (χ1) is 9.70. The van der Waals surface area contributed by atoms with E-state index in [0.717, 1.165) is 18.8 Å². The van der Waals surface area contributed by atoms with Crippen LogP contribution >= 0.6 is 11.3 Å². The largest absolute Gasteiger partial charge is 0.318 e. The molecule has 0 radical (unpaired) electrons. The van der Waals surface area contributed by atoms with E-state index < -0.39 is 0 Å². The van der Waals surface area contributed by atoms with Crippen molar-refractivity contribution in [3.63, 3.8) is 0 Å². The summed E-state index contributed by atoms with van der Waals surface area (Å²) in [5.74, 6) is 1.15. The van der Waals surface area contributed by atoms with Gasteiger partial charge in [0.1, 0.15) is 6.17 Å². The van der Waals surface area contributed by atoms with E-state index in [9.17, 15) is 4.79 Å². The molecule has 4 rings (SSSR count). The van der Waals surface area contributed by atoms with E-state index in [1.54, 1.807) is 11.3 Å². The van der Waals surface area contributed by atoms with Gasteiger partial charge in [0.25, 0.3) is 0 Å². The summed E-state index contributed by atoms with van der Waals surface area (Å²) in [6.07, 6.45) is 6.86. The number of hydrogen-bond donors (Lipinski definition) is 1. The molecule has 1 N–H and O–H groups in total. The van der Waals surface area contributed by atoms with Crippen molar-refractivity contribution in [3.8, 4) is 0 Å². The van der Waals surface area contributed by atoms with E-state index in [4.69, 9.17) is 0 Å². The maximum absolute atomic E-state index is 13.0. The number of carbonyl (C=O) groups excluding carboxylic acids is 1. The molecular formula is C16H22N2OS. The molecule has 20 heavy (non-hydrogen) atoms. The molecule has 1 atom stereocenters. The summed E-state index contributed by atoms with van der Waals surface area (Å²) in [7, 11) is 0. The van der Waals surface area contributed by atoms with Crippen molar-refractivity contribution in [1.29, 1.82) is 0 Å². The maximum atomic E-state index is 13.0. The third-order valence-corrected chi connectivity index (χ3v) is 6.09. The summed E-state index contributed by atoms with van der Waals surface area (Å²) in [4.78, 5) is 15.2. The van der Waals surface area contributed by atoms with E-state index in [-0.39, 0.29) is 11.7 Å². The molecule has 3 aliphatic rings. The van der Waals surface area contributed by atoms with Crippen molar-refractivity contribution in [3.05, 3.63) is 22.4 Å². The Morgan fingerprint density at radius 2 is 2.10 bits per heavy atom. The predicted molar refractivity (Wildman–Crippen MR) is 80.4 cm³/mol. The van der Waals surface area contributed by atoms with Gasteiger partial charge in [-0.15, -0.1) is 0 Å². The second kappa shape index (κ2) is 4.57. The highest BCUT2D eigenvalue weighted by atomic mass is 32.1.